The topological polar surface area (TPSA) is 38.0 Å². The van der Waals surface area contributed by atoms with Gasteiger partial charge in [-0.15, -0.1) is 0 Å². The van der Waals surface area contributed by atoms with Crippen molar-refractivity contribution in [1.29, 1.82) is 0 Å². The summed E-state index contributed by atoms with van der Waals surface area (Å²) in [5.74, 6) is 0.825. The Labute approximate surface area is 91.2 Å². The average molecular weight is 202 g/mol. The Bertz CT molecular complexity index is 356. The quantitative estimate of drug-likeness (QED) is 0.787. The molecule has 0 amide bonds. The van der Waals surface area contributed by atoms with Crippen molar-refractivity contribution in [2.45, 2.75) is 19.8 Å². The van der Waals surface area contributed by atoms with Crippen molar-refractivity contribution in [1.82, 2.24) is 5.32 Å². The lowest BCUT2D eigenvalue weighted by Crippen LogP contribution is -2.23. The molecule has 2 nitrogen and oxygen atoms in total. The van der Waals surface area contributed by atoms with Crippen LogP contribution in [-0.2, 0) is 6.42 Å². The Morgan fingerprint density at radius 3 is 2.67 bits per heavy atom. The Hall–Kier alpha value is -1.44. The molecule has 0 saturated carbocycles. The van der Waals surface area contributed by atoms with Crippen LogP contribution in [0.15, 0.2) is 42.2 Å². The van der Waals surface area contributed by atoms with E-state index in [1.165, 1.54) is 5.56 Å². The second kappa shape index (κ2) is 3.97. The summed E-state index contributed by atoms with van der Waals surface area (Å²) in [7, 11) is 0. The highest BCUT2D eigenvalue weighted by molar-refractivity contribution is 5.17. The van der Waals surface area contributed by atoms with Crippen molar-refractivity contribution in [3.05, 3.63) is 47.8 Å². The van der Waals surface area contributed by atoms with Gasteiger partial charge in [0.15, 0.2) is 0 Å². The molecule has 0 fully saturated rings. The van der Waals surface area contributed by atoms with Gasteiger partial charge in [0.25, 0.3) is 0 Å². The molecule has 0 saturated heterocycles. The lowest BCUT2D eigenvalue weighted by atomic mass is 9.85. The fraction of sp³-hybridized carbons (Fsp3) is 0.385. The van der Waals surface area contributed by atoms with Gasteiger partial charge in [0.05, 0.1) is 5.82 Å². The first-order valence-electron chi connectivity index (χ1n) is 5.44. The molecule has 2 rings (SSSR count). The molecule has 0 aliphatic carbocycles. The Morgan fingerprint density at radius 1 is 1.33 bits per heavy atom. The first kappa shape index (κ1) is 10.1. The molecule has 80 valence electrons. The molecule has 2 heteroatoms. The highest BCUT2D eigenvalue weighted by atomic mass is 15.0. The number of aryl methyl sites for hydroxylation is 1. The van der Waals surface area contributed by atoms with E-state index in [1.54, 1.807) is 0 Å². The van der Waals surface area contributed by atoms with Gasteiger partial charge < -0.3 is 11.1 Å². The van der Waals surface area contributed by atoms with E-state index in [0.717, 1.165) is 25.2 Å². The Kier molecular flexibility index (Phi) is 2.67. The highest BCUT2D eigenvalue weighted by Crippen LogP contribution is 2.28. The van der Waals surface area contributed by atoms with Crippen LogP contribution in [0.3, 0.4) is 0 Å². The molecule has 1 atom stereocenters. The van der Waals surface area contributed by atoms with E-state index in [2.05, 4.69) is 48.6 Å². The van der Waals surface area contributed by atoms with Crippen molar-refractivity contribution < 1.29 is 0 Å². The maximum Gasteiger partial charge on any atom is 0.0925 e. The molecule has 3 N–H and O–H groups in total. The van der Waals surface area contributed by atoms with Crippen molar-refractivity contribution in [3.63, 3.8) is 0 Å². The summed E-state index contributed by atoms with van der Waals surface area (Å²) in [4.78, 5) is 0. The third-order valence-electron chi connectivity index (χ3n) is 3.03. The molecule has 0 radical (unpaired) electrons. The Morgan fingerprint density at radius 2 is 2.07 bits per heavy atom. The summed E-state index contributed by atoms with van der Waals surface area (Å²) < 4.78 is 0. The number of benzene rings is 1. The molecular weight excluding hydrogens is 184 g/mol. The largest absolute Gasteiger partial charge is 0.386 e. The molecule has 0 spiro atoms. The van der Waals surface area contributed by atoms with Crippen LogP contribution >= 0.6 is 0 Å². The fourth-order valence-corrected chi connectivity index (χ4v) is 2.02. The summed E-state index contributed by atoms with van der Waals surface area (Å²) in [6.07, 6.45) is 4.41. The summed E-state index contributed by atoms with van der Waals surface area (Å²) >= 11 is 0. The molecule has 1 aromatic rings. The van der Waals surface area contributed by atoms with E-state index in [1.807, 2.05) is 0 Å². The van der Waals surface area contributed by atoms with Crippen molar-refractivity contribution in [3.8, 4) is 0 Å². The minimum atomic E-state index is 0.222. The maximum atomic E-state index is 5.73. The molecule has 1 aliphatic rings. The predicted octanol–water partition coefficient (Wildman–Crippen LogP) is 2.03. The normalized spacial score (nSPS) is 24.7. The maximum absolute atomic E-state index is 5.73. The van der Waals surface area contributed by atoms with Crippen molar-refractivity contribution in [2.24, 2.45) is 11.1 Å². The van der Waals surface area contributed by atoms with Gasteiger partial charge in [-0.3, -0.25) is 0 Å². The molecule has 1 heterocycles. The van der Waals surface area contributed by atoms with Gasteiger partial charge in [-0.1, -0.05) is 37.3 Å². The summed E-state index contributed by atoms with van der Waals surface area (Å²) in [6, 6.07) is 10.6. The monoisotopic (exact) mass is 202 g/mol. The van der Waals surface area contributed by atoms with Crippen LogP contribution in [-0.4, -0.2) is 6.54 Å². The van der Waals surface area contributed by atoms with Crippen molar-refractivity contribution >= 4 is 0 Å². The zero-order chi connectivity index (χ0) is 10.7. The first-order chi connectivity index (χ1) is 7.18. The van der Waals surface area contributed by atoms with E-state index in [-0.39, 0.29) is 5.41 Å². The number of nitrogens with two attached hydrogens (primary N) is 1. The standard InChI is InChI=1S/C13H18N2/c1-13(9-12(14)15-10-13)8-7-11-5-3-2-4-6-11/h2-6,9,15H,7-8,10,14H2,1H3/t13-/m0/s1. The van der Waals surface area contributed by atoms with Gasteiger partial charge >= 0.3 is 0 Å². The highest BCUT2D eigenvalue weighted by Gasteiger charge is 2.26. The smallest absolute Gasteiger partial charge is 0.0925 e. The SMILES string of the molecule is C[C@]1(CCc2ccccc2)C=C(N)NC1. The van der Waals surface area contributed by atoms with Gasteiger partial charge in [-0.2, -0.15) is 0 Å². The minimum absolute atomic E-state index is 0.222. The number of hydrogen-bond donors (Lipinski definition) is 2. The van der Waals surface area contributed by atoms with Gasteiger partial charge in [0.1, 0.15) is 0 Å². The predicted molar refractivity (Wildman–Crippen MR) is 63.1 cm³/mol. The summed E-state index contributed by atoms with van der Waals surface area (Å²) in [5.41, 5.74) is 7.35. The minimum Gasteiger partial charge on any atom is -0.386 e. The third-order valence-corrected chi connectivity index (χ3v) is 3.03. The van der Waals surface area contributed by atoms with E-state index in [0.29, 0.717) is 0 Å². The van der Waals surface area contributed by atoms with Gasteiger partial charge in [0, 0.05) is 12.0 Å². The molecule has 1 aliphatic heterocycles. The molecule has 0 unspecified atom stereocenters. The molecule has 0 bridgehead atoms. The van der Waals surface area contributed by atoms with Crippen LogP contribution < -0.4 is 11.1 Å². The molecule has 1 aromatic carbocycles. The second-order valence-corrected chi connectivity index (χ2v) is 4.59. The fourth-order valence-electron chi connectivity index (χ4n) is 2.02. The third kappa shape index (κ3) is 2.52. The zero-order valence-electron chi connectivity index (χ0n) is 9.16. The molecule has 0 aromatic heterocycles. The van der Waals surface area contributed by atoms with Crippen LogP contribution in [0.4, 0.5) is 0 Å². The lowest BCUT2D eigenvalue weighted by molar-refractivity contribution is 0.407. The van der Waals surface area contributed by atoms with Gasteiger partial charge in [0.2, 0.25) is 0 Å². The van der Waals surface area contributed by atoms with Crippen LogP contribution in [0.5, 0.6) is 0 Å². The lowest BCUT2D eigenvalue weighted by Gasteiger charge is -2.20. The van der Waals surface area contributed by atoms with E-state index in [4.69, 9.17) is 5.73 Å². The van der Waals surface area contributed by atoms with E-state index >= 15 is 0 Å². The van der Waals surface area contributed by atoms with Crippen LogP contribution in [0.25, 0.3) is 0 Å². The Balaban J connectivity index is 1.94. The van der Waals surface area contributed by atoms with Gasteiger partial charge in [-0.25, -0.2) is 0 Å². The summed E-state index contributed by atoms with van der Waals surface area (Å²) in [5, 5.41) is 3.19. The van der Waals surface area contributed by atoms with E-state index in [9.17, 15) is 0 Å². The van der Waals surface area contributed by atoms with E-state index < -0.39 is 0 Å². The average Bonchev–Trinajstić information content (AvgIpc) is 2.58. The molecular formula is C13H18N2. The van der Waals surface area contributed by atoms with Crippen molar-refractivity contribution in [2.75, 3.05) is 6.54 Å². The molecule has 15 heavy (non-hydrogen) atoms. The number of rotatable bonds is 3. The van der Waals surface area contributed by atoms with Crippen LogP contribution in [0, 0.1) is 5.41 Å². The first-order valence-corrected chi connectivity index (χ1v) is 5.44. The number of hydrogen-bond acceptors (Lipinski definition) is 2. The van der Waals surface area contributed by atoms with Crippen LogP contribution in [0.1, 0.15) is 18.9 Å². The van der Waals surface area contributed by atoms with Gasteiger partial charge in [-0.05, 0) is 24.5 Å². The second-order valence-electron chi connectivity index (χ2n) is 4.59. The van der Waals surface area contributed by atoms with Crippen LogP contribution in [0.2, 0.25) is 0 Å². The number of nitrogens with one attached hydrogen (secondary N) is 1. The zero-order valence-corrected chi connectivity index (χ0v) is 9.16. The summed E-state index contributed by atoms with van der Waals surface area (Å²) in [6.45, 7) is 3.22.